The van der Waals surface area contributed by atoms with Gasteiger partial charge in [0.25, 0.3) is 0 Å². The largest absolute Gasteiger partial charge is 0.472 e. The first-order chi connectivity index (χ1) is 9.54. The Hall–Kier alpha value is -2.11. The predicted octanol–water partition coefficient (Wildman–Crippen LogP) is 0.506. The van der Waals surface area contributed by atoms with Crippen LogP contribution in [0.3, 0.4) is 0 Å². The SMILES string of the molecule is CC(=O)NCC(=O)N1CCC(Oc2cccc(C)n2)C1. The molecule has 1 unspecified atom stereocenters. The summed E-state index contributed by atoms with van der Waals surface area (Å²) >= 11 is 0. The molecule has 6 heteroatoms. The zero-order chi connectivity index (χ0) is 14.5. The van der Waals surface area contributed by atoms with Crippen LogP contribution < -0.4 is 10.1 Å². The number of nitrogens with zero attached hydrogens (tertiary/aromatic N) is 2. The van der Waals surface area contributed by atoms with Gasteiger partial charge in [-0.05, 0) is 13.0 Å². The van der Waals surface area contributed by atoms with E-state index in [1.807, 2.05) is 25.1 Å². The van der Waals surface area contributed by atoms with Gasteiger partial charge < -0.3 is 15.0 Å². The molecule has 2 rings (SSSR count). The second kappa shape index (κ2) is 6.36. The molecule has 1 aliphatic rings. The van der Waals surface area contributed by atoms with Crippen molar-refractivity contribution in [3.05, 3.63) is 23.9 Å². The van der Waals surface area contributed by atoms with Gasteiger partial charge in [-0.2, -0.15) is 0 Å². The molecule has 0 spiro atoms. The summed E-state index contributed by atoms with van der Waals surface area (Å²) in [6, 6.07) is 5.62. The second-order valence-corrected chi connectivity index (χ2v) is 4.90. The van der Waals surface area contributed by atoms with Gasteiger partial charge in [-0.25, -0.2) is 4.98 Å². The molecule has 0 aromatic carbocycles. The summed E-state index contributed by atoms with van der Waals surface area (Å²) in [5.41, 5.74) is 0.902. The van der Waals surface area contributed by atoms with E-state index in [0.717, 1.165) is 12.1 Å². The van der Waals surface area contributed by atoms with Gasteiger partial charge in [-0.3, -0.25) is 9.59 Å². The summed E-state index contributed by atoms with van der Waals surface area (Å²) in [4.78, 5) is 28.6. The van der Waals surface area contributed by atoms with Crippen LogP contribution in [0.1, 0.15) is 19.0 Å². The highest BCUT2D eigenvalue weighted by Gasteiger charge is 2.27. The van der Waals surface area contributed by atoms with Crippen LogP contribution in [0, 0.1) is 6.92 Å². The first kappa shape index (κ1) is 14.3. The van der Waals surface area contributed by atoms with Crippen molar-refractivity contribution in [2.24, 2.45) is 0 Å². The van der Waals surface area contributed by atoms with E-state index in [-0.39, 0.29) is 24.5 Å². The van der Waals surface area contributed by atoms with Gasteiger partial charge >= 0.3 is 0 Å². The van der Waals surface area contributed by atoms with Gasteiger partial charge in [0.1, 0.15) is 6.10 Å². The summed E-state index contributed by atoms with van der Waals surface area (Å²) in [5, 5.41) is 2.51. The van der Waals surface area contributed by atoms with Crippen LogP contribution in [0.25, 0.3) is 0 Å². The van der Waals surface area contributed by atoms with Crippen molar-refractivity contribution < 1.29 is 14.3 Å². The van der Waals surface area contributed by atoms with Gasteiger partial charge in [0, 0.05) is 31.6 Å². The highest BCUT2D eigenvalue weighted by Crippen LogP contribution is 2.16. The number of ether oxygens (including phenoxy) is 1. The summed E-state index contributed by atoms with van der Waals surface area (Å²) < 4.78 is 5.77. The van der Waals surface area contributed by atoms with Crippen molar-refractivity contribution in [2.75, 3.05) is 19.6 Å². The van der Waals surface area contributed by atoms with Crippen LogP contribution in [0.4, 0.5) is 0 Å². The number of aryl methyl sites for hydroxylation is 1. The lowest BCUT2D eigenvalue weighted by molar-refractivity contribution is -0.131. The minimum atomic E-state index is -0.200. The number of aromatic nitrogens is 1. The monoisotopic (exact) mass is 277 g/mol. The molecule has 108 valence electrons. The van der Waals surface area contributed by atoms with Gasteiger partial charge in [0.15, 0.2) is 0 Å². The molecule has 1 N–H and O–H groups in total. The molecule has 1 aliphatic heterocycles. The van der Waals surface area contributed by atoms with Gasteiger partial charge in [0.2, 0.25) is 17.7 Å². The minimum absolute atomic E-state index is 0.0365. The Labute approximate surface area is 118 Å². The molecule has 1 aromatic heterocycles. The molecule has 0 aliphatic carbocycles. The van der Waals surface area contributed by atoms with E-state index in [9.17, 15) is 9.59 Å². The molecule has 2 heterocycles. The zero-order valence-electron chi connectivity index (χ0n) is 11.8. The number of rotatable bonds is 4. The van der Waals surface area contributed by atoms with Gasteiger partial charge in [-0.1, -0.05) is 6.07 Å². The molecule has 1 atom stereocenters. The van der Waals surface area contributed by atoms with Crippen molar-refractivity contribution >= 4 is 11.8 Å². The number of carbonyl (C=O) groups is 2. The van der Waals surface area contributed by atoms with Gasteiger partial charge in [0.05, 0.1) is 13.1 Å². The first-order valence-electron chi connectivity index (χ1n) is 6.67. The fraction of sp³-hybridized carbons (Fsp3) is 0.500. The van der Waals surface area contributed by atoms with Crippen LogP contribution in [0.2, 0.25) is 0 Å². The Kier molecular flexibility index (Phi) is 4.55. The van der Waals surface area contributed by atoms with Crippen molar-refractivity contribution in [2.45, 2.75) is 26.4 Å². The molecule has 1 aromatic rings. The molecule has 0 saturated carbocycles. The normalized spacial score (nSPS) is 17.9. The van der Waals surface area contributed by atoms with E-state index in [1.165, 1.54) is 6.92 Å². The number of nitrogens with one attached hydrogen (secondary N) is 1. The Morgan fingerprint density at radius 3 is 3.00 bits per heavy atom. The van der Waals surface area contributed by atoms with E-state index < -0.39 is 0 Å². The molecule has 0 bridgehead atoms. The Bertz CT molecular complexity index is 504. The fourth-order valence-electron chi connectivity index (χ4n) is 2.12. The quantitative estimate of drug-likeness (QED) is 0.870. The Morgan fingerprint density at radius 2 is 2.30 bits per heavy atom. The average molecular weight is 277 g/mol. The number of likely N-dealkylation sites (tertiary alicyclic amines) is 1. The lowest BCUT2D eigenvalue weighted by Gasteiger charge is -2.17. The van der Waals surface area contributed by atoms with Crippen molar-refractivity contribution in [1.29, 1.82) is 0 Å². The maximum atomic E-state index is 11.8. The van der Waals surface area contributed by atoms with Crippen LogP contribution in [0.15, 0.2) is 18.2 Å². The van der Waals surface area contributed by atoms with Crippen molar-refractivity contribution in [1.82, 2.24) is 15.2 Å². The number of carbonyl (C=O) groups excluding carboxylic acids is 2. The zero-order valence-corrected chi connectivity index (χ0v) is 11.8. The van der Waals surface area contributed by atoms with Gasteiger partial charge in [-0.15, -0.1) is 0 Å². The topological polar surface area (TPSA) is 71.5 Å². The Balaban J connectivity index is 1.83. The van der Waals surface area contributed by atoms with Crippen LogP contribution in [-0.2, 0) is 9.59 Å². The van der Waals surface area contributed by atoms with Crippen LogP contribution >= 0.6 is 0 Å². The summed E-state index contributed by atoms with van der Waals surface area (Å²) in [7, 11) is 0. The molecule has 2 amide bonds. The molecular formula is C14H19N3O3. The fourth-order valence-corrected chi connectivity index (χ4v) is 2.12. The molecule has 20 heavy (non-hydrogen) atoms. The first-order valence-corrected chi connectivity index (χ1v) is 6.67. The van der Waals surface area contributed by atoms with Crippen molar-refractivity contribution in [3.63, 3.8) is 0 Å². The lowest BCUT2D eigenvalue weighted by atomic mass is 10.3. The van der Waals surface area contributed by atoms with E-state index >= 15 is 0 Å². The average Bonchev–Trinajstić information content (AvgIpc) is 2.84. The molecule has 1 saturated heterocycles. The number of pyridine rings is 1. The third kappa shape index (κ3) is 3.94. The highest BCUT2D eigenvalue weighted by atomic mass is 16.5. The van der Waals surface area contributed by atoms with Crippen LogP contribution in [-0.4, -0.2) is 47.4 Å². The van der Waals surface area contributed by atoms with Crippen molar-refractivity contribution in [3.8, 4) is 5.88 Å². The molecule has 0 radical (unpaired) electrons. The maximum absolute atomic E-state index is 11.8. The van der Waals surface area contributed by atoms with E-state index in [2.05, 4.69) is 10.3 Å². The molecule has 6 nitrogen and oxygen atoms in total. The summed E-state index contributed by atoms with van der Waals surface area (Å²) in [6.45, 7) is 4.53. The standard InChI is InChI=1S/C14H19N3O3/c1-10-4-3-5-13(16-10)20-12-6-7-17(9-12)14(19)8-15-11(2)18/h3-5,12H,6-9H2,1-2H3,(H,15,18). The highest BCUT2D eigenvalue weighted by molar-refractivity contribution is 5.83. The van der Waals surface area contributed by atoms with Crippen LogP contribution in [0.5, 0.6) is 5.88 Å². The molecular weight excluding hydrogens is 258 g/mol. The summed E-state index contributed by atoms with van der Waals surface area (Å²) in [5.74, 6) is 0.309. The minimum Gasteiger partial charge on any atom is -0.472 e. The number of hydrogen-bond acceptors (Lipinski definition) is 4. The lowest BCUT2D eigenvalue weighted by Crippen LogP contribution is -2.39. The summed E-state index contributed by atoms with van der Waals surface area (Å²) in [6.07, 6.45) is 0.743. The predicted molar refractivity (Wildman–Crippen MR) is 73.3 cm³/mol. The second-order valence-electron chi connectivity index (χ2n) is 4.90. The smallest absolute Gasteiger partial charge is 0.242 e. The number of amides is 2. The van der Waals surface area contributed by atoms with E-state index in [1.54, 1.807) is 4.90 Å². The third-order valence-corrected chi connectivity index (χ3v) is 3.14. The van der Waals surface area contributed by atoms with E-state index in [0.29, 0.717) is 19.0 Å². The Morgan fingerprint density at radius 1 is 1.50 bits per heavy atom. The molecule has 1 fully saturated rings. The van der Waals surface area contributed by atoms with E-state index in [4.69, 9.17) is 4.74 Å². The maximum Gasteiger partial charge on any atom is 0.242 e. The third-order valence-electron chi connectivity index (χ3n) is 3.14. The number of hydrogen-bond donors (Lipinski definition) is 1.